The number of hydrogen-bond donors (Lipinski definition) is 0. The monoisotopic (exact) mass is 838 g/mol. The molecule has 0 radical (unpaired) electrons. The zero-order valence-electron chi connectivity index (χ0n) is 35.8. The summed E-state index contributed by atoms with van der Waals surface area (Å²) in [5.74, 6) is 0. The van der Waals surface area contributed by atoms with Gasteiger partial charge >= 0.3 is 0 Å². The first kappa shape index (κ1) is 36.7. The van der Waals surface area contributed by atoms with Crippen LogP contribution >= 0.6 is 0 Å². The summed E-state index contributed by atoms with van der Waals surface area (Å²) >= 11 is 0. The highest BCUT2D eigenvalue weighted by molar-refractivity contribution is 6.30. The van der Waals surface area contributed by atoms with E-state index in [1.165, 1.54) is 87.6 Å². The molecule has 12 aromatic carbocycles. The van der Waals surface area contributed by atoms with E-state index in [2.05, 4.69) is 218 Å². The molecule has 2 nitrogen and oxygen atoms in total. The van der Waals surface area contributed by atoms with E-state index in [0.717, 1.165) is 55.0 Å². The second-order valence-corrected chi connectivity index (χ2v) is 17.5. The van der Waals surface area contributed by atoms with Gasteiger partial charge in [-0.05, 0) is 153 Å². The van der Waals surface area contributed by atoms with Crippen LogP contribution in [0.5, 0.6) is 0 Å². The lowest BCUT2D eigenvalue weighted by molar-refractivity contribution is 0.668. The summed E-state index contributed by atoms with van der Waals surface area (Å²) in [7, 11) is 0. The average Bonchev–Trinajstić information content (AvgIpc) is 3.95. The summed E-state index contributed by atoms with van der Waals surface area (Å²) in [5, 5.41) is 14.0. The fourth-order valence-electron chi connectivity index (χ4n) is 10.9. The lowest BCUT2D eigenvalue weighted by Gasteiger charge is -2.22. The molecule has 0 N–H and O–H groups in total. The van der Waals surface area contributed by atoms with Crippen LogP contribution < -0.4 is 0 Å². The predicted molar refractivity (Wildman–Crippen MR) is 278 cm³/mol. The van der Waals surface area contributed by atoms with Crippen LogP contribution in [0.1, 0.15) is 0 Å². The quantitative estimate of drug-likeness (QED) is 0.127. The Bertz CT molecular complexity index is 4270. The largest absolute Gasteiger partial charge is 0.456 e. The molecule has 0 aliphatic rings. The second-order valence-electron chi connectivity index (χ2n) is 17.5. The first-order valence-corrected chi connectivity index (χ1v) is 22.6. The van der Waals surface area contributed by atoms with Crippen LogP contribution in [0.15, 0.2) is 239 Å². The molecule has 14 aromatic rings. The predicted octanol–water partition coefficient (Wildman–Crippen LogP) is 18.4. The maximum absolute atomic E-state index is 6.59. The molecule has 0 unspecified atom stereocenters. The molecule has 2 heterocycles. The molecule has 0 bridgehead atoms. The maximum Gasteiger partial charge on any atom is 0.136 e. The van der Waals surface area contributed by atoms with Crippen molar-refractivity contribution in [3.8, 4) is 55.6 Å². The fourth-order valence-corrected chi connectivity index (χ4v) is 10.9. The van der Waals surface area contributed by atoms with Crippen molar-refractivity contribution in [1.82, 2.24) is 0 Å². The summed E-state index contributed by atoms with van der Waals surface area (Å²) in [5.41, 5.74) is 15.3. The van der Waals surface area contributed by atoms with Gasteiger partial charge in [0, 0.05) is 21.5 Å². The van der Waals surface area contributed by atoms with Gasteiger partial charge in [-0.1, -0.05) is 176 Å². The molecule has 0 saturated heterocycles. The van der Waals surface area contributed by atoms with E-state index in [0.29, 0.717) is 0 Å². The Balaban J connectivity index is 1.16. The Labute approximate surface area is 380 Å². The van der Waals surface area contributed by atoms with Gasteiger partial charge in [0.25, 0.3) is 0 Å². The summed E-state index contributed by atoms with van der Waals surface area (Å²) in [6, 6.07) is 83.8. The van der Waals surface area contributed by atoms with Crippen LogP contribution in [0.4, 0.5) is 0 Å². The van der Waals surface area contributed by atoms with E-state index in [1.807, 2.05) is 12.1 Å². The van der Waals surface area contributed by atoms with Crippen molar-refractivity contribution in [3.05, 3.63) is 231 Å². The summed E-state index contributed by atoms with van der Waals surface area (Å²) in [4.78, 5) is 0. The van der Waals surface area contributed by atoms with Gasteiger partial charge in [-0.3, -0.25) is 0 Å². The van der Waals surface area contributed by atoms with Crippen molar-refractivity contribution in [2.75, 3.05) is 0 Å². The number of hydrogen-bond acceptors (Lipinski definition) is 2. The topological polar surface area (TPSA) is 26.3 Å². The highest BCUT2D eigenvalue weighted by Gasteiger charge is 2.24. The number of benzene rings is 12. The van der Waals surface area contributed by atoms with Gasteiger partial charge < -0.3 is 8.83 Å². The van der Waals surface area contributed by atoms with E-state index < -0.39 is 0 Å². The molecular weight excluding hydrogens is 801 g/mol. The van der Waals surface area contributed by atoms with Crippen molar-refractivity contribution in [1.29, 1.82) is 0 Å². The van der Waals surface area contributed by atoms with Crippen LogP contribution in [0.2, 0.25) is 0 Å². The SMILES string of the molecule is c1ccc(-c2cccc(-c3c(-c4ccccc4)c4cc5c(-c6ccc7c(c6)oc6ccccc67)c6ccccc6c(-c6ccc7c(c6)oc6ccccc67)c5cc4c4ccccc34)c2)cc1. The Morgan fingerprint density at radius 3 is 1.12 bits per heavy atom. The number of fused-ring (bicyclic) bond motifs is 11. The van der Waals surface area contributed by atoms with E-state index >= 15 is 0 Å². The number of furan rings is 2. The van der Waals surface area contributed by atoms with Crippen molar-refractivity contribution in [2.24, 2.45) is 0 Å². The molecule has 2 aromatic heterocycles. The highest BCUT2D eigenvalue weighted by atomic mass is 16.3. The van der Waals surface area contributed by atoms with Gasteiger partial charge in [-0.15, -0.1) is 0 Å². The Morgan fingerprint density at radius 1 is 0.167 bits per heavy atom. The van der Waals surface area contributed by atoms with E-state index in [9.17, 15) is 0 Å². The van der Waals surface area contributed by atoms with Crippen LogP contribution in [-0.4, -0.2) is 0 Å². The van der Waals surface area contributed by atoms with Gasteiger partial charge in [0.15, 0.2) is 0 Å². The van der Waals surface area contributed by atoms with E-state index in [-0.39, 0.29) is 0 Å². The third-order valence-electron chi connectivity index (χ3n) is 13.8. The average molecular weight is 839 g/mol. The molecule has 0 aliphatic heterocycles. The highest BCUT2D eigenvalue weighted by Crippen LogP contribution is 2.51. The second kappa shape index (κ2) is 14.4. The number of rotatable bonds is 5. The lowest BCUT2D eigenvalue weighted by Crippen LogP contribution is -1.95. The maximum atomic E-state index is 6.59. The van der Waals surface area contributed by atoms with Crippen LogP contribution in [-0.2, 0) is 0 Å². The zero-order valence-corrected chi connectivity index (χ0v) is 35.8. The van der Waals surface area contributed by atoms with Crippen LogP contribution in [0.25, 0.3) is 143 Å². The standard InChI is InChI=1S/C64H38O2/c1-3-16-39(17-4-1)41-20-15-21-42(34-41)64-50-25-8-7-22-45(50)53-37-55-56(38-54(53)63(64)40-18-5-2-6-19-40)62(44-31-33-49-47-24-12-14-29-58(47)66-60(49)36-44)52-27-10-9-26-51(52)61(55)43-30-32-48-46-23-11-13-28-57(46)65-59(48)35-43/h1-38H. The summed E-state index contributed by atoms with van der Waals surface area (Å²) in [6.45, 7) is 0. The van der Waals surface area contributed by atoms with Gasteiger partial charge in [0.1, 0.15) is 22.3 Å². The third kappa shape index (κ3) is 5.55. The van der Waals surface area contributed by atoms with E-state index in [1.54, 1.807) is 0 Å². The molecule has 0 spiro atoms. The molecule has 0 amide bonds. The van der Waals surface area contributed by atoms with Gasteiger partial charge in [-0.25, -0.2) is 0 Å². The van der Waals surface area contributed by atoms with E-state index in [4.69, 9.17) is 8.83 Å². The normalized spacial score (nSPS) is 11.9. The van der Waals surface area contributed by atoms with Crippen LogP contribution in [0, 0.1) is 0 Å². The van der Waals surface area contributed by atoms with Crippen molar-refractivity contribution >= 4 is 87.0 Å². The fraction of sp³-hybridized carbons (Fsp3) is 0. The minimum Gasteiger partial charge on any atom is -0.456 e. The Hall–Kier alpha value is -8.72. The zero-order chi connectivity index (χ0) is 43.3. The lowest BCUT2D eigenvalue weighted by atomic mass is 9.80. The molecule has 0 atom stereocenters. The minimum absolute atomic E-state index is 0.877. The van der Waals surface area contributed by atoms with Crippen molar-refractivity contribution < 1.29 is 8.83 Å². The summed E-state index contributed by atoms with van der Waals surface area (Å²) < 4.78 is 13.2. The Kier molecular flexibility index (Phi) is 8.02. The molecule has 14 rings (SSSR count). The van der Waals surface area contributed by atoms with Crippen molar-refractivity contribution in [3.63, 3.8) is 0 Å². The molecule has 2 heteroatoms. The molecule has 66 heavy (non-hydrogen) atoms. The smallest absolute Gasteiger partial charge is 0.136 e. The first-order chi connectivity index (χ1) is 32.7. The van der Waals surface area contributed by atoms with Crippen LogP contribution in [0.3, 0.4) is 0 Å². The van der Waals surface area contributed by atoms with Gasteiger partial charge in [0.05, 0.1) is 0 Å². The molecular formula is C64H38O2. The molecule has 0 saturated carbocycles. The summed E-state index contributed by atoms with van der Waals surface area (Å²) in [6.07, 6.45) is 0. The Morgan fingerprint density at radius 2 is 0.545 bits per heavy atom. The molecule has 0 fully saturated rings. The first-order valence-electron chi connectivity index (χ1n) is 22.6. The van der Waals surface area contributed by atoms with Gasteiger partial charge in [-0.2, -0.15) is 0 Å². The minimum atomic E-state index is 0.877. The molecule has 0 aliphatic carbocycles. The van der Waals surface area contributed by atoms with Crippen molar-refractivity contribution in [2.45, 2.75) is 0 Å². The molecule has 306 valence electrons. The third-order valence-corrected chi connectivity index (χ3v) is 13.8. The van der Waals surface area contributed by atoms with Gasteiger partial charge in [0.2, 0.25) is 0 Å². The number of para-hydroxylation sites is 2.